The van der Waals surface area contributed by atoms with E-state index >= 15 is 0 Å². The summed E-state index contributed by atoms with van der Waals surface area (Å²) in [5, 5.41) is 13.8. The number of rotatable bonds is 6. The van der Waals surface area contributed by atoms with Gasteiger partial charge in [-0.05, 0) is 63.9 Å². The highest BCUT2D eigenvalue weighted by molar-refractivity contribution is 5.87. The number of hydrogen-bond acceptors (Lipinski definition) is 4. The van der Waals surface area contributed by atoms with Gasteiger partial charge in [0.15, 0.2) is 5.82 Å². The van der Waals surface area contributed by atoms with E-state index in [0.717, 1.165) is 18.7 Å². The van der Waals surface area contributed by atoms with Crippen LogP contribution in [0.4, 0.5) is 10.6 Å². The molecule has 2 aliphatic rings. The van der Waals surface area contributed by atoms with Crippen LogP contribution in [-0.2, 0) is 0 Å². The van der Waals surface area contributed by atoms with Crippen molar-refractivity contribution in [1.82, 2.24) is 20.4 Å². The first-order valence-electron chi connectivity index (χ1n) is 7.92. The molecule has 6 heteroatoms. The molecule has 0 atom stereocenters. The Labute approximate surface area is 125 Å². The number of aromatic nitrogens is 2. The smallest absolute Gasteiger partial charge is 0.320 e. The number of carbonyl (C=O) groups is 1. The Morgan fingerprint density at radius 3 is 2.71 bits per heavy atom. The van der Waals surface area contributed by atoms with E-state index in [-0.39, 0.29) is 6.03 Å². The number of likely N-dealkylation sites (tertiary alicyclic amines) is 1. The van der Waals surface area contributed by atoms with Crippen molar-refractivity contribution < 1.29 is 4.79 Å². The Morgan fingerprint density at radius 1 is 1.24 bits per heavy atom. The van der Waals surface area contributed by atoms with Crippen LogP contribution in [0.1, 0.15) is 43.7 Å². The Kier molecular flexibility index (Phi) is 4.65. The molecule has 0 radical (unpaired) electrons. The maximum atomic E-state index is 11.7. The van der Waals surface area contributed by atoms with Gasteiger partial charge in [-0.1, -0.05) is 0 Å². The molecule has 0 aromatic carbocycles. The van der Waals surface area contributed by atoms with Crippen molar-refractivity contribution in [1.29, 1.82) is 0 Å². The maximum Gasteiger partial charge on any atom is 0.320 e. The first kappa shape index (κ1) is 14.3. The van der Waals surface area contributed by atoms with Gasteiger partial charge >= 0.3 is 6.03 Å². The van der Waals surface area contributed by atoms with Crippen molar-refractivity contribution in [2.75, 3.05) is 31.5 Å². The summed E-state index contributed by atoms with van der Waals surface area (Å²) in [6.07, 6.45) is 6.02. The molecule has 2 heterocycles. The third kappa shape index (κ3) is 4.39. The first-order valence-corrected chi connectivity index (χ1v) is 7.92. The second-order valence-electron chi connectivity index (χ2n) is 5.90. The van der Waals surface area contributed by atoms with Gasteiger partial charge in [0.05, 0.1) is 5.69 Å². The molecular weight excluding hydrogens is 266 g/mol. The van der Waals surface area contributed by atoms with E-state index in [4.69, 9.17) is 0 Å². The second kappa shape index (κ2) is 6.85. The minimum Gasteiger partial charge on any atom is -0.338 e. The van der Waals surface area contributed by atoms with Crippen molar-refractivity contribution >= 4 is 11.8 Å². The van der Waals surface area contributed by atoms with Crippen LogP contribution in [0.5, 0.6) is 0 Å². The largest absolute Gasteiger partial charge is 0.338 e. The van der Waals surface area contributed by atoms with Crippen LogP contribution >= 0.6 is 0 Å². The minimum atomic E-state index is -0.204. The molecule has 114 valence electrons. The Morgan fingerprint density at radius 2 is 2.05 bits per heavy atom. The van der Waals surface area contributed by atoms with Crippen molar-refractivity contribution in [2.45, 2.75) is 38.0 Å². The third-order valence-electron chi connectivity index (χ3n) is 4.06. The topological polar surface area (TPSA) is 70.2 Å². The zero-order valence-electron chi connectivity index (χ0n) is 12.3. The molecule has 1 saturated heterocycles. The van der Waals surface area contributed by atoms with Crippen LogP contribution < -0.4 is 10.6 Å². The van der Waals surface area contributed by atoms with E-state index in [1.165, 1.54) is 38.8 Å². The van der Waals surface area contributed by atoms with Gasteiger partial charge in [0.25, 0.3) is 0 Å². The van der Waals surface area contributed by atoms with E-state index in [1.54, 1.807) is 0 Å². The summed E-state index contributed by atoms with van der Waals surface area (Å²) in [7, 11) is 0. The summed E-state index contributed by atoms with van der Waals surface area (Å²) < 4.78 is 0. The summed E-state index contributed by atoms with van der Waals surface area (Å²) in [5.74, 6) is 1.10. The molecule has 1 aliphatic heterocycles. The van der Waals surface area contributed by atoms with Gasteiger partial charge in [-0.2, -0.15) is 5.10 Å². The standard InChI is InChI=1S/C15H23N5O/c21-15(16-8-3-11-20-9-1-2-10-20)17-14-7-6-13(18-19-14)12-4-5-12/h6-7,12H,1-5,8-11H2,(H2,16,17,19,21). The molecule has 1 aromatic heterocycles. The van der Waals surface area contributed by atoms with E-state index < -0.39 is 0 Å². The highest BCUT2D eigenvalue weighted by Crippen LogP contribution is 2.38. The molecule has 0 unspecified atom stereocenters. The van der Waals surface area contributed by atoms with E-state index in [2.05, 4.69) is 25.7 Å². The summed E-state index contributed by atoms with van der Waals surface area (Å²) in [6, 6.07) is 3.57. The van der Waals surface area contributed by atoms with Crippen molar-refractivity contribution in [2.24, 2.45) is 0 Å². The van der Waals surface area contributed by atoms with Crippen molar-refractivity contribution in [3.8, 4) is 0 Å². The average Bonchev–Trinajstić information content (AvgIpc) is 3.21. The molecule has 2 amide bonds. The normalized spacial score (nSPS) is 18.7. The molecular formula is C15H23N5O. The summed E-state index contributed by atoms with van der Waals surface area (Å²) in [4.78, 5) is 14.2. The van der Waals surface area contributed by atoms with E-state index in [9.17, 15) is 4.79 Å². The number of amides is 2. The van der Waals surface area contributed by atoms with Crippen LogP contribution in [0, 0.1) is 0 Å². The predicted octanol–water partition coefficient (Wildman–Crippen LogP) is 1.96. The van der Waals surface area contributed by atoms with Crippen LogP contribution in [-0.4, -0.2) is 47.3 Å². The number of carbonyl (C=O) groups excluding carboxylic acids is 1. The van der Waals surface area contributed by atoms with E-state index in [0.29, 0.717) is 18.3 Å². The fraction of sp³-hybridized carbons (Fsp3) is 0.667. The molecule has 1 aromatic rings. The number of hydrogen-bond donors (Lipinski definition) is 2. The van der Waals surface area contributed by atoms with Crippen LogP contribution in [0.15, 0.2) is 12.1 Å². The lowest BCUT2D eigenvalue weighted by molar-refractivity contribution is 0.250. The first-order chi connectivity index (χ1) is 10.3. The van der Waals surface area contributed by atoms with Gasteiger partial charge in [0.1, 0.15) is 0 Å². The van der Waals surface area contributed by atoms with Gasteiger partial charge in [-0.15, -0.1) is 5.10 Å². The summed E-state index contributed by atoms with van der Waals surface area (Å²) in [5.41, 5.74) is 1.03. The van der Waals surface area contributed by atoms with Crippen LogP contribution in [0.3, 0.4) is 0 Å². The maximum absolute atomic E-state index is 11.7. The van der Waals surface area contributed by atoms with Gasteiger partial charge < -0.3 is 10.2 Å². The number of anilines is 1. The highest BCUT2D eigenvalue weighted by Gasteiger charge is 2.25. The molecule has 0 spiro atoms. The predicted molar refractivity (Wildman–Crippen MR) is 81.3 cm³/mol. The Hall–Kier alpha value is -1.69. The van der Waals surface area contributed by atoms with Gasteiger partial charge in [-0.3, -0.25) is 5.32 Å². The second-order valence-corrected chi connectivity index (χ2v) is 5.90. The number of urea groups is 1. The summed E-state index contributed by atoms with van der Waals surface area (Å²) >= 11 is 0. The van der Waals surface area contributed by atoms with Crippen LogP contribution in [0.25, 0.3) is 0 Å². The monoisotopic (exact) mass is 289 g/mol. The van der Waals surface area contributed by atoms with Crippen molar-refractivity contribution in [3.63, 3.8) is 0 Å². The number of nitrogens with zero attached hydrogens (tertiary/aromatic N) is 3. The lowest BCUT2D eigenvalue weighted by atomic mass is 10.3. The molecule has 2 fully saturated rings. The Balaban J connectivity index is 1.33. The van der Waals surface area contributed by atoms with E-state index in [1.807, 2.05) is 12.1 Å². The zero-order valence-corrected chi connectivity index (χ0v) is 12.3. The molecule has 2 N–H and O–H groups in total. The average molecular weight is 289 g/mol. The molecule has 1 saturated carbocycles. The third-order valence-corrected chi connectivity index (χ3v) is 4.06. The zero-order chi connectivity index (χ0) is 14.5. The SMILES string of the molecule is O=C(NCCCN1CCCC1)Nc1ccc(C2CC2)nn1. The molecule has 3 rings (SSSR count). The molecule has 0 bridgehead atoms. The summed E-state index contributed by atoms with van der Waals surface area (Å²) in [6.45, 7) is 4.16. The quantitative estimate of drug-likeness (QED) is 0.785. The Bertz CT molecular complexity index is 465. The lowest BCUT2D eigenvalue weighted by Crippen LogP contribution is -2.32. The van der Waals surface area contributed by atoms with Crippen LogP contribution in [0.2, 0.25) is 0 Å². The van der Waals surface area contributed by atoms with Gasteiger partial charge in [-0.25, -0.2) is 4.79 Å². The highest BCUT2D eigenvalue weighted by atomic mass is 16.2. The fourth-order valence-electron chi connectivity index (χ4n) is 2.68. The molecule has 6 nitrogen and oxygen atoms in total. The van der Waals surface area contributed by atoms with Crippen molar-refractivity contribution in [3.05, 3.63) is 17.8 Å². The number of nitrogens with one attached hydrogen (secondary N) is 2. The fourth-order valence-corrected chi connectivity index (χ4v) is 2.68. The lowest BCUT2D eigenvalue weighted by Gasteiger charge is -2.14. The van der Waals surface area contributed by atoms with Gasteiger partial charge in [0.2, 0.25) is 0 Å². The molecule has 1 aliphatic carbocycles. The minimum absolute atomic E-state index is 0.204. The van der Waals surface area contributed by atoms with Gasteiger partial charge in [0, 0.05) is 12.5 Å². The molecule has 21 heavy (non-hydrogen) atoms.